The lowest BCUT2D eigenvalue weighted by atomic mass is 9.93. The van der Waals surface area contributed by atoms with E-state index in [0.717, 1.165) is 24.8 Å². The minimum atomic E-state index is 0.355. The molecule has 0 atom stereocenters. The number of benzene rings is 1. The Labute approximate surface area is 104 Å². The molecule has 1 nitrogen and oxygen atoms in total. The van der Waals surface area contributed by atoms with Crippen LogP contribution in [0.3, 0.4) is 0 Å². The first kappa shape index (κ1) is 12.1. The lowest BCUT2D eigenvalue weighted by molar-refractivity contribution is -0.115. The van der Waals surface area contributed by atoms with Crippen molar-refractivity contribution in [3.63, 3.8) is 0 Å². The molecule has 1 aromatic carbocycles. The Balaban J connectivity index is 1.92. The Kier molecular flexibility index (Phi) is 4.13. The molecular weight excluding hydrogens is 208 g/mol. The van der Waals surface area contributed by atoms with Crippen LogP contribution in [-0.4, -0.2) is 5.78 Å². The van der Waals surface area contributed by atoms with E-state index in [1.807, 2.05) is 12.1 Å². The molecule has 1 heteroatoms. The summed E-state index contributed by atoms with van der Waals surface area (Å²) >= 11 is 0. The summed E-state index contributed by atoms with van der Waals surface area (Å²) in [5.41, 5.74) is 3.67. The van der Waals surface area contributed by atoms with Gasteiger partial charge in [-0.1, -0.05) is 30.3 Å². The minimum absolute atomic E-state index is 0.355. The molecule has 0 aliphatic heterocycles. The van der Waals surface area contributed by atoms with E-state index < -0.39 is 0 Å². The predicted molar refractivity (Wildman–Crippen MR) is 71.1 cm³/mol. The third kappa shape index (κ3) is 3.29. The Morgan fingerprint density at radius 3 is 2.76 bits per heavy atom. The van der Waals surface area contributed by atoms with Gasteiger partial charge in [0.2, 0.25) is 0 Å². The van der Waals surface area contributed by atoms with Crippen molar-refractivity contribution in [2.75, 3.05) is 0 Å². The number of rotatable bonds is 4. The smallest absolute Gasteiger partial charge is 0.158 e. The van der Waals surface area contributed by atoms with E-state index in [1.54, 1.807) is 0 Å². The first-order valence-corrected chi connectivity index (χ1v) is 6.54. The molecule has 90 valence electrons. The van der Waals surface area contributed by atoms with Crippen LogP contribution in [0.25, 0.3) is 0 Å². The Morgan fingerprint density at radius 2 is 2.06 bits per heavy atom. The van der Waals surface area contributed by atoms with Crippen LogP contribution in [-0.2, 0) is 11.2 Å². The van der Waals surface area contributed by atoms with Crippen molar-refractivity contribution in [3.8, 4) is 0 Å². The first-order chi connectivity index (χ1) is 8.27. The number of allylic oxidation sites excluding steroid dienone is 2. The highest BCUT2D eigenvalue weighted by molar-refractivity contribution is 5.95. The molecule has 0 N–H and O–H groups in total. The van der Waals surface area contributed by atoms with Crippen molar-refractivity contribution < 1.29 is 4.79 Å². The fourth-order valence-corrected chi connectivity index (χ4v) is 2.39. The topological polar surface area (TPSA) is 17.1 Å². The molecule has 0 aromatic heterocycles. The number of Topliss-reactive ketones (excluding diaryl/α,β-unsaturated/α-hetero) is 1. The molecule has 0 fully saturated rings. The average Bonchev–Trinajstić information content (AvgIpc) is 2.38. The Morgan fingerprint density at radius 1 is 1.24 bits per heavy atom. The molecule has 17 heavy (non-hydrogen) atoms. The maximum Gasteiger partial charge on any atom is 0.158 e. The molecule has 0 bridgehead atoms. The summed E-state index contributed by atoms with van der Waals surface area (Å²) in [5.74, 6) is 0.355. The fourth-order valence-electron chi connectivity index (χ4n) is 2.39. The number of hydrogen-bond acceptors (Lipinski definition) is 1. The first-order valence-electron chi connectivity index (χ1n) is 6.54. The van der Waals surface area contributed by atoms with E-state index in [2.05, 4.69) is 25.1 Å². The van der Waals surface area contributed by atoms with Crippen LogP contribution in [0.4, 0.5) is 0 Å². The van der Waals surface area contributed by atoms with E-state index in [4.69, 9.17) is 0 Å². The van der Waals surface area contributed by atoms with E-state index in [0.29, 0.717) is 12.2 Å². The second-order valence-electron chi connectivity index (χ2n) is 4.82. The summed E-state index contributed by atoms with van der Waals surface area (Å²) in [7, 11) is 0. The summed E-state index contributed by atoms with van der Waals surface area (Å²) in [6.07, 6.45) is 8.19. The molecular formula is C16H20O. The van der Waals surface area contributed by atoms with Gasteiger partial charge in [0.05, 0.1) is 0 Å². The van der Waals surface area contributed by atoms with E-state index in [-0.39, 0.29) is 0 Å². The molecule has 1 aliphatic rings. The van der Waals surface area contributed by atoms with Crippen LogP contribution in [0.2, 0.25) is 0 Å². The SMILES string of the molecule is Cc1ccccc1CCC(=O)C1=CCCCC1. The number of carbonyl (C=O) groups excluding carboxylic acids is 1. The molecule has 0 radical (unpaired) electrons. The van der Waals surface area contributed by atoms with Gasteiger partial charge in [-0.2, -0.15) is 0 Å². The number of ketones is 1. The van der Waals surface area contributed by atoms with E-state index in [9.17, 15) is 4.79 Å². The maximum absolute atomic E-state index is 12.0. The second-order valence-corrected chi connectivity index (χ2v) is 4.82. The third-order valence-corrected chi connectivity index (χ3v) is 3.53. The number of carbonyl (C=O) groups is 1. The van der Waals surface area contributed by atoms with Crippen molar-refractivity contribution in [2.24, 2.45) is 0 Å². The summed E-state index contributed by atoms with van der Waals surface area (Å²) in [6, 6.07) is 8.33. The van der Waals surface area contributed by atoms with Crippen molar-refractivity contribution in [1.29, 1.82) is 0 Å². The maximum atomic E-state index is 12.0. The van der Waals surface area contributed by atoms with Gasteiger partial charge in [-0.3, -0.25) is 4.79 Å². The fraction of sp³-hybridized carbons (Fsp3) is 0.438. The normalized spacial score (nSPS) is 15.5. The zero-order chi connectivity index (χ0) is 12.1. The third-order valence-electron chi connectivity index (χ3n) is 3.53. The van der Waals surface area contributed by atoms with Crippen LogP contribution in [0.15, 0.2) is 35.9 Å². The van der Waals surface area contributed by atoms with E-state index >= 15 is 0 Å². The average molecular weight is 228 g/mol. The Hall–Kier alpha value is -1.37. The lowest BCUT2D eigenvalue weighted by Crippen LogP contribution is -2.07. The van der Waals surface area contributed by atoms with Crippen molar-refractivity contribution >= 4 is 5.78 Å². The van der Waals surface area contributed by atoms with Crippen molar-refractivity contribution in [1.82, 2.24) is 0 Å². The summed E-state index contributed by atoms with van der Waals surface area (Å²) < 4.78 is 0. The largest absolute Gasteiger partial charge is 0.295 e. The Bertz CT molecular complexity index is 429. The van der Waals surface area contributed by atoms with Gasteiger partial charge in [0.15, 0.2) is 5.78 Å². The predicted octanol–water partition coefficient (Wildman–Crippen LogP) is 4.00. The highest BCUT2D eigenvalue weighted by Crippen LogP contribution is 2.20. The lowest BCUT2D eigenvalue weighted by Gasteiger charge is -2.11. The van der Waals surface area contributed by atoms with Crippen LogP contribution < -0.4 is 0 Å². The highest BCUT2D eigenvalue weighted by Gasteiger charge is 2.12. The second kappa shape index (κ2) is 5.81. The molecule has 0 saturated carbocycles. The van der Waals surface area contributed by atoms with Gasteiger partial charge >= 0.3 is 0 Å². The molecule has 2 rings (SSSR count). The number of aryl methyl sites for hydroxylation is 2. The van der Waals surface area contributed by atoms with Crippen molar-refractivity contribution in [2.45, 2.75) is 45.4 Å². The highest BCUT2D eigenvalue weighted by atomic mass is 16.1. The zero-order valence-electron chi connectivity index (χ0n) is 10.5. The monoisotopic (exact) mass is 228 g/mol. The van der Waals surface area contributed by atoms with Crippen LogP contribution in [0, 0.1) is 6.92 Å². The summed E-state index contributed by atoms with van der Waals surface area (Å²) in [6.45, 7) is 2.11. The van der Waals surface area contributed by atoms with Gasteiger partial charge in [0, 0.05) is 6.42 Å². The molecule has 1 aliphatic carbocycles. The summed E-state index contributed by atoms with van der Waals surface area (Å²) in [5, 5.41) is 0. The van der Waals surface area contributed by atoms with Gasteiger partial charge in [-0.05, 0) is 55.7 Å². The number of hydrogen-bond donors (Lipinski definition) is 0. The summed E-state index contributed by atoms with van der Waals surface area (Å²) in [4.78, 5) is 12.0. The van der Waals surface area contributed by atoms with Crippen LogP contribution >= 0.6 is 0 Å². The van der Waals surface area contributed by atoms with Gasteiger partial charge in [-0.25, -0.2) is 0 Å². The molecule has 0 amide bonds. The molecule has 0 heterocycles. The van der Waals surface area contributed by atoms with Gasteiger partial charge < -0.3 is 0 Å². The van der Waals surface area contributed by atoms with E-state index in [1.165, 1.54) is 24.0 Å². The minimum Gasteiger partial charge on any atom is -0.295 e. The molecule has 0 spiro atoms. The van der Waals surface area contributed by atoms with Gasteiger partial charge in [-0.15, -0.1) is 0 Å². The molecule has 0 saturated heterocycles. The van der Waals surface area contributed by atoms with Crippen LogP contribution in [0.1, 0.15) is 43.2 Å². The zero-order valence-corrected chi connectivity index (χ0v) is 10.5. The molecule has 0 unspecified atom stereocenters. The standard InChI is InChI=1S/C16H20O/c1-13-7-5-6-8-14(13)11-12-16(17)15-9-3-2-4-10-15/h5-9H,2-4,10-12H2,1H3. The van der Waals surface area contributed by atoms with Crippen molar-refractivity contribution in [3.05, 3.63) is 47.0 Å². The molecule has 1 aromatic rings. The van der Waals surface area contributed by atoms with Gasteiger partial charge in [0.25, 0.3) is 0 Å². The van der Waals surface area contributed by atoms with Crippen LogP contribution in [0.5, 0.6) is 0 Å². The quantitative estimate of drug-likeness (QED) is 0.761. The van der Waals surface area contributed by atoms with Gasteiger partial charge in [0.1, 0.15) is 0 Å².